The number of nitrogens with zero attached hydrogens (tertiary/aromatic N) is 2. The number of aromatic nitrogens is 2. The van der Waals surface area contributed by atoms with Crippen LogP contribution in [0.3, 0.4) is 0 Å². The predicted octanol–water partition coefficient (Wildman–Crippen LogP) is 3.97. The van der Waals surface area contributed by atoms with Crippen molar-refractivity contribution in [2.24, 2.45) is 5.92 Å². The third-order valence-electron chi connectivity index (χ3n) is 4.67. The Bertz CT molecular complexity index is 667. The van der Waals surface area contributed by atoms with E-state index in [1.165, 1.54) is 6.42 Å². The number of likely N-dealkylation sites (tertiary alicyclic amines) is 1. The lowest BCUT2D eigenvalue weighted by atomic mass is 10.00. The quantitative estimate of drug-likeness (QED) is 0.848. The van der Waals surface area contributed by atoms with Crippen LogP contribution in [0.4, 0.5) is 0 Å². The molecule has 1 aliphatic heterocycles. The van der Waals surface area contributed by atoms with Crippen molar-refractivity contribution in [2.75, 3.05) is 6.54 Å². The minimum Gasteiger partial charge on any atom is -0.383 e. The molecule has 1 aliphatic rings. The molecule has 0 radical (unpaired) electrons. The normalized spacial score (nSPS) is 19.3. The average molecular weight is 310 g/mol. The molecule has 0 saturated carbocycles. The molecule has 2 atom stereocenters. The Morgan fingerprint density at radius 2 is 2.22 bits per heavy atom. The van der Waals surface area contributed by atoms with E-state index < -0.39 is 0 Å². The topological polar surface area (TPSA) is 44.0 Å². The Labute approximate surface area is 138 Å². The summed E-state index contributed by atoms with van der Waals surface area (Å²) in [5.41, 5.74) is 3.26. The second-order valence-electron chi connectivity index (χ2n) is 6.57. The Hall–Kier alpha value is -2.23. The van der Waals surface area contributed by atoms with Gasteiger partial charge in [-0.3, -0.25) is 0 Å². The lowest BCUT2D eigenvalue weighted by Gasteiger charge is -2.34. The fourth-order valence-corrected chi connectivity index (χ4v) is 3.50. The SMILES string of the molecule is C=CNC(C(=C)N1CCCC1c1nc2ccccc2[nH]1)C(C)C. The molecule has 4 heteroatoms. The number of hydrogen-bond acceptors (Lipinski definition) is 3. The summed E-state index contributed by atoms with van der Waals surface area (Å²) in [4.78, 5) is 10.7. The van der Waals surface area contributed by atoms with Crippen molar-refractivity contribution in [1.29, 1.82) is 0 Å². The lowest BCUT2D eigenvalue weighted by Crippen LogP contribution is -2.39. The monoisotopic (exact) mass is 310 g/mol. The summed E-state index contributed by atoms with van der Waals surface area (Å²) >= 11 is 0. The summed E-state index contributed by atoms with van der Waals surface area (Å²) in [6.07, 6.45) is 4.04. The Kier molecular flexibility index (Phi) is 4.42. The number of H-pyrrole nitrogens is 1. The van der Waals surface area contributed by atoms with E-state index in [2.05, 4.69) is 54.3 Å². The first-order valence-corrected chi connectivity index (χ1v) is 8.39. The molecule has 4 nitrogen and oxygen atoms in total. The molecule has 2 unspecified atom stereocenters. The maximum absolute atomic E-state index is 4.80. The molecule has 0 bridgehead atoms. The maximum atomic E-state index is 4.80. The van der Waals surface area contributed by atoms with Crippen LogP contribution < -0.4 is 5.32 Å². The fraction of sp³-hybridized carbons (Fsp3) is 0.421. The van der Waals surface area contributed by atoms with Crippen molar-refractivity contribution < 1.29 is 0 Å². The minimum atomic E-state index is 0.206. The number of imidazole rings is 1. The molecule has 0 amide bonds. The Morgan fingerprint density at radius 3 is 2.91 bits per heavy atom. The molecular weight excluding hydrogens is 284 g/mol. The zero-order valence-corrected chi connectivity index (χ0v) is 14.0. The van der Waals surface area contributed by atoms with Gasteiger partial charge in [0, 0.05) is 12.2 Å². The van der Waals surface area contributed by atoms with Crippen LogP contribution in [0, 0.1) is 5.92 Å². The number of rotatable bonds is 6. The van der Waals surface area contributed by atoms with E-state index in [1.54, 1.807) is 6.20 Å². The van der Waals surface area contributed by atoms with Crippen LogP contribution in [0.5, 0.6) is 0 Å². The maximum Gasteiger partial charge on any atom is 0.130 e. The van der Waals surface area contributed by atoms with Gasteiger partial charge in [0.05, 0.1) is 23.1 Å². The summed E-state index contributed by atoms with van der Waals surface area (Å²) < 4.78 is 0. The molecule has 1 saturated heterocycles. The van der Waals surface area contributed by atoms with Gasteiger partial charge in [0.1, 0.15) is 5.82 Å². The van der Waals surface area contributed by atoms with Crippen LogP contribution in [0.2, 0.25) is 0 Å². The number of hydrogen-bond donors (Lipinski definition) is 2. The molecule has 2 heterocycles. The van der Waals surface area contributed by atoms with E-state index in [0.717, 1.165) is 35.5 Å². The molecule has 3 rings (SSSR count). The highest BCUT2D eigenvalue weighted by Gasteiger charge is 2.32. The van der Waals surface area contributed by atoms with Crippen LogP contribution in [-0.2, 0) is 0 Å². The molecule has 1 fully saturated rings. The van der Waals surface area contributed by atoms with Crippen molar-refractivity contribution in [3.63, 3.8) is 0 Å². The Balaban J connectivity index is 1.87. The first-order valence-electron chi connectivity index (χ1n) is 8.39. The fourth-order valence-electron chi connectivity index (χ4n) is 3.50. The summed E-state index contributed by atoms with van der Waals surface area (Å²) in [5, 5.41) is 3.35. The average Bonchev–Trinajstić information content (AvgIpc) is 3.17. The number of aromatic amines is 1. The van der Waals surface area contributed by atoms with Crippen LogP contribution in [0.1, 0.15) is 38.6 Å². The second-order valence-corrected chi connectivity index (χ2v) is 6.57. The van der Waals surface area contributed by atoms with Crippen molar-refractivity contribution >= 4 is 11.0 Å². The number of nitrogens with one attached hydrogen (secondary N) is 2. The van der Waals surface area contributed by atoms with E-state index in [0.29, 0.717) is 5.92 Å². The van der Waals surface area contributed by atoms with Crippen LogP contribution in [0.15, 0.2) is 49.3 Å². The first kappa shape index (κ1) is 15.7. The highest BCUT2D eigenvalue weighted by atomic mass is 15.2. The van der Waals surface area contributed by atoms with Crippen LogP contribution in [-0.4, -0.2) is 27.5 Å². The number of benzene rings is 1. The zero-order valence-electron chi connectivity index (χ0n) is 14.0. The minimum absolute atomic E-state index is 0.206. The van der Waals surface area contributed by atoms with Crippen LogP contribution in [0.25, 0.3) is 11.0 Å². The molecule has 0 spiro atoms. The molecule has 1 aromatic heterocycles. The van der Waals surface area contributed by atoms with Crippen molar-refractivity contribution in [1.82, 2.24) is 20.2 Å². The van der Waals surface area contributed by atoms with Crippen molar-refractivity contribution in [3.05, 3.63) is 55.1 Å². The third kappa shape index (κ3) is 2.98. The standard InChI is InChI=1S/C19H26N4/c1-5-20-18(13(2)3)14(4)23-12-8-11-17(23)19-21-15-9-6-7-10-16(15)22-19/h5-7,9-10,13,17-18,20H,1,4,8,11-12H2,2-3H3,(H,21,22). The molecule has 122 valence electrons. The van der Waals surface area contributed by atoms with Gasteiger partial charge in [-0.05, 0) is 37.1 Å². The van der Waals surface area contributed by atoms with Gasteiger partial charge in [0.15, 0.2) is 0 Å². The van der Waals surface area contributed by atoms with Gasteiger partial charge in [-0.2, -0.15) is 0 Å². The summed E-state index contributed by atoms with van der Waals surface area (Å²) in [5.74, 6) is 1.50. The van der Waals surface area contributed by atoms with Gasteiger partial charge in [0.25, 0.3) is 0 Å². The Morgan fingerprint density at radius 1 is 1.43 bits per heavy atom. The number of para-hydroxylation sites is 2. The molecule has 1 aromatic carbocycles. The summed E-state index contributed by atoms with van der Waals surface area (Å²) in [7, 11) is 0. The zero-order chi connectivity index (χ0) is 16.4. The highest BCUT2D eigenvalue weighted by Crippen LogP contribution is 2.35. The molecule has 2 aromatic rings. The lowest BCUT2D eigenvalue weighted by molar-refractivity contribution is 0.273. The van der Waals surface area contributed by atoms with Crippen molar-refractivity contribution in [2.45, 2.75) is 38.8 Å². The first-order chi connectivity index (χ1) is 11.1. The van der Waals surface area contributed by atoms with Gasteiger partial charge in [-0.1, -0.05) is 39.1 Å². The van der Waals surface area contributed by atoms with Gasteiger partial charge >= 0.3 is 0 Å². The van der Waals surface area contributed by atoms with E-state index in [4.69, 9.17) is 4.98 Å². The summed E-state index contributed by atoms with van der Waals surface area (Å²) in [6, 6.07) is 8.69. The van der Waals surface area contributed by atoms with Crippen molar-refractivity contribution in [3.8, 4) is 0 Å². The molecular formula is C19H26N4. The molecule has 0 aliphatic carbocycles. The van der Waals surface area contributed by atoms with E-state index in [9.17, 15) is 0 Å². The largest absolute Gasteiger partial charge is 0.383 e. The molecule has 23 heavy (non-hydrogen) atoms. The smallest absolute Gasteiger partial charge is 0.130 e. The van der Waals surface area contributed by atoms with Gasteiger partial charge in [-0.25, -0.2) is 4.98 Å². The summed E-state index contributed by atoms with van der Waals surface area (Å²) in [6.45, 7) is 13.6. The van der Waals surface area contributed by atoms with E-state index >= 15 is 0 Å². The third-order valence-corrected chi connectivity index (χ3v) is 4.67. The van der Waals surface area contributed by atoms with Gasteiger partial charge in [0.2, 0.25) is 0 Å². The van der Waals surface area contributed by atoms with Gasteiger partial charge in [-0.15, -0.1) is 0 Å². The second kappa shape index (κ2) is 6.49. The van der Waals surface area contributed by atoms with Crippen LogP contribution >= 0.6 is 0 Å². The highest BCUT2D eigenvalue weighted by molar-refractivity contribution is 5.74. The molecule has 2 N–H and O–H groups in total. The van der Waals surface area contributed by atoms with Gasteiger partial charge < -0.3 is 15.2 Å². The number of fused-ring (bicyclic) bond motifs is 1. The van der Waals surface area contributed by atoms with E-state index in [-0.39, 0.29) is 12.1 Å². The predicted molar refractivity (Wildman–Crippen MR) is 95.9 cm³/mol. The van der Waals surface area contributed by atoms with E-state index in [1.807, 2.05) is 12.1 Å².